The summed E-state index contributed by atoms with van der Waals surface area (Å²) in [5.74, 6) is 0. The van der Waals surface area contributed by atoms with E-state index in [-0.39, 0.29) is 9.90 Å². The number of hydrogen-bond acceptors (Lipinski definition) is 5. The first-order valence-electron chi connectivity index (χ1n) is 9.61. The molecule has 0 bridgehead atoms. The van der Waals surface area contributed by atoms with E-state index in [1.54, 1.807) is 0 Å². The van der Waals surface area contributed by atoms with Crippen LogP contribution < -0.4 is 4.90 Å². The molecule has 6 nitrogen and oxygen atoms in total. The normalized spacial score (nSPS) is 16.1. The molecular formula is C20H21F3N4O2S2. The van der Waals surface area contributed by atoms with Crippen molar-refractivity contribution in [2.75, 3.05) is 31.1 Å². The Labute approximate surface area is 182 Å². The van der Waals surface area contributed by atoms with Gasteiger partial charge in [0.05, 0.1) is 4.88 Å². The van der Waals surface area contributed by atoms with Gasteiger partial charge in [-0.05, 0) is 49.2 Å². The Hall–Kier alpha value is -2.37. The third kappa shape index (κ3) is 4.21. The van der Waals surface area contributed by atoms with Gasteiger partial charge in [-0.3, -0.25) is 5.10 Å². The molecule has 1 aliphatic heterocycles. The Morgan fingerprint density at radius 1 is 1.06 bits per heavy atom. The van der Waals surface area contributed by atoms with Gasteiger partial charge in [0.2, 0.25) is 0 Å². The van der Waals surface area contributed by atoms with Gasteiger partial charge in [0.25, 0.3) is 10.0 Å². The number of thiophene rings is 1. The number of nitrogens with one attached hydrogen (secondary N) is 1. The highest BCUT2D eigenvalue weighted by atomic mass is 32.2. The van der Waals surface area contributed by atoms with Crippen LogP contribution in [0.2, 0.25) is 0 Å². The molecule has 1 fully saturated rings. The fourth-order valence-electron chi connectivity index (χ4n) is 3.56. The molecule has 1 N–H and O–H groups in total. The number of piperazine rings is 1. The molecule has 4 rings (SSSR count). The molecule has 0 atom stereocenters. The highest BCUT2D eigenvalue weighted by Crippen LogP contribution is 2.35. The van der Waals surface area contributed by atoms with Gasteiger partial charge in [-0.1, -0.05) is 12.1 Å². The minimum Gasteiger partial charge on any atom is -0.369 e. The summed E-state index contributed by atoms with van der Waals surface area (Å²) in [4.78, 5) is 2.54. The summed E-state index contributed by atoms with van der Waals surface area (Å²) in [5.41, 5.74) is 2.57. The van der Waals surface area contributed by atoms with E-state index in [0.29, 0.717) is 31.1 Å². The number of hydrogen-bond donors (Lipinski definition) is 1. The fourth-order valence-corrected chi connectivity index (χ4v) is 6.41. The second-order valence-corrected chi connectivity index (χ2v) is 10.6. The largest absolute Gasteiger partial charge is 0.432 e. The molecule has 3 aromatic rings. The van der Waals surface area contributed by atoms with E-state index < -0.39 is 21.9 Å². The van der Waals surface area contributed by atoms with E-state index in [9.17, 15) is 21.6 Å². The highest BCUT2D eigenvalue weighted by molar-refractivity contribution is 7.91. The zero-order chi connectivity index (χ0) is 22.4. The molecular weight excluding hydrogens is 449 g/mol. The maximum absolute atomic E-state index is 13.1. The number of halogens is 3. The standard InChI is InChI=1S/C20H21F3N4O2S2/c1-13-4-3-5-16(14(13)2)26-8-10-27(11-9-26)31(28,29)19-7-6-17(30-19)15-12-18(25-24-15)20(21,22)23/h3-7,12H,8-11H2,1-2H3,(H,24,25). The first kappa shape index (κ1) is 21.8. The molecule has 0 radical (unpaired) electrons. The van der Waals surface area contributed by atoms with Crippen LogP contribution in [0, 0.1) is 13.8 Å². The number of H-pyrrole nitrogens is 1. The number of nitrogens with zero attached hydrogens (tertiary/aromatic N) is 3. The van der Waals surface area contributed by atoms with E-state index in [1.165, 1.54) is 27.6 Å². The van der Waals surface area contributed by atoms with Crippen LogP contribution in [0.15, 0.2) is 40.6 Å². The summed E-state index contributed by atoms with van der Waals surface area (Å²) < 4.78 is 66.0. The molecule has 0 amide bonds. The number of aryl methyl sites for hydroxylation is 1. The van der Waals surface area contributed by atoms with E-state index in [2.05, 4.69) is 16.9 Å². The average molecular weight is 471 g/mol. The number of benzene rings is 1. The van der Waals surface area contributed by atoms with Gasteiger partial charge in [-0.2, -0.15) is 22.6 Å². The van der Waals surface area contributed by atoms with Crippen LogP contribution in [0.4, 0.5) is 18.9 Å². The van der Waals surface area contributed by atoms with E-state index in [4.69, 9.17) is 0 Å². The molecule has 11 heteroatoms. The van der Waals surface area contributed by atoms with Crippen LogP contribution in [0.3, 0.4) is 0 Å². The van der Waals surface area contributed by atoms with Crippen molar-refractivity contribution in [2.24, 2.45) is 0 Å². The second kappa shape index (κ2) is 7.95. The van der Waals surface area contributed by atoms with Crippen LogP contribution in [-0.2, 0) is 16.2 Å². The summed E-state index contributed by atoms with van der Waals surface area (Å²) in [6.07, 6.45) is -4.53. The SMILES string of the molecule is Cc1cccc(N2CCN(S(=O)(=O)c3ccc(-c4cc(C(F)(F)F)[nH]n4)s3)CC2)c1C. The van der Waals surface area contributed by atoms with Crippen molar-refractivity contribution in [3.05, 3.63) is 53.2 Å². The average Bonchev–Trinajstić information content (AvgIpc) is 3.40. The fraction of sp³-hybridized carbons (Fsp3) is 0.350. The topological polar surface area (TPSA) is 69.3 Å². The Morgan fingerprint density at radius 3 is 2.42 bits per heavy atom. The van der Waals surface area contributed by atoms with Gasteiger partial charge < -0.3 is 4.90 Å². The van der Waals surface area contributed by atoms with Gasteiger partial charge >= 0.3 is 6.18 Å². The van der Waals surface area contributed by atoms with Crippen molar-refractivity contribution in [1.29, 1.82) is 0 Å². The third-order valence-electron chi connectivity index (χ3n) is 5.47. The van der Waals surface area contributed by atoms with Crippen molar-refractivity contribution in [1.82, 2.24) is 14.5 Å². The summed E-state index contributed by atoms with van der Waals surface area (Å²) in [6, 6.07) is 9.87. The lowest BCUT2D eigenvalue weighted by Gasteiger charge is -2.36. The van der Waals surface area contributed by atoms with E-state index >= 15 is 0 Å². The highest BCUT2D eigenvalue weighted by Gasteiger charge is 2.34. The van der Waals surface area contributed by atoms with Gasteiger partial charge in [0, 0.05) is 31.9 Å². The van der Waals surface area contributed by atoms with Crippen molar-refractivity contribution in [3.8, 4) is 10.6 Å². The molecule has 1 aliphatic rings. The number of aromatic nitrogens is 2. The van der Waals surface area contributed by atoms with Gasteiger partial charge in [0.15, 0.2) is 0 Å². The van der Waals surface area contributed by atoms with Crippen molar-refractivity contribution >= 4 is 27.0 Å². The smallest absolute Gasteiger partial charge is 0.369 e. The number of anilines is 1. The molecule has 2 aromatic heterocycles. The monoisotopic (exact) mass is 470 g/mol. The lowest BCUT2D eigenvalue weighted by atomic mass is 10.1. The van der Waals surface area contributed by atoms with Crippen LogP contribution in [0.5, 0.6) is 0 Å². The lowest BCUT2D eigenvalue weighted by Crippen LogP contribution is -2.48. The van der Waals surface area contributed by atoms with Gasteiger partial charge in [0.1, 0.15) is 15.6 Å². The van der Waals surface area contributed by atoms with Crippen LogP contribution in [-0.4, -0.2) is 49.1 Å². The minimum atomic E-state index is -4.53. The van der Waals surface area contributed by atoms with E-state index in [1.807, 2.05) is 30.2 Å². The van der Waals surface area contributed by atoms with E-state index in [0.717, 1.165) is 23.1 Å². The van der Waals surface area contributed by atoms with Crippen molar-refractivity contribution in [3.63, 3.8) is 0 Å². The predicted octanol–water partition coefficient (Wildman–Crippen LogP) is 4.28. The number of sulfonamides is 1. The number of alkyl halides is 3. The van der Waals surface area contributed by atoms with Crippen LogP contribution in [0.1, 0.15) is 16.8 Å². The molecule has 3 heterocycles. The third-order valence-corrected chi connectivity index (χ3v) is 8.94. The molecule has 31 heavy (non-hydrogen) atoms. The molecule has 0 spiro atoms. The summed E-state index contributed by atoms with van der Waals surface area (Å²) in [7, 11) is -3.73. The Balaban J connectivity index is 1.49. The maximum Gasteiger partial charge on any atom is 0.432 e. The molecule has 1 aromatic carbocycles. The predicted molar refractivity (Wildman–Crippen MR) is 114 cm³/mol. The zero-order valence-corrected chi connectivity index (χ0v) is 18.5. The molecule has 0 aliphatic carbocycles. The molecule has 0 saturated carbocycles. The van der Waals surface area contributed by atoms with Crippen molar-refractivity contribution < 1.29 is 21.6 Å². The van der Waals surface area contributed by atoms with Crippen LogP contribution >= 0.6 is 11.3 Å². The zero-order valence-electron chi connectivity index (χ0n) is 16.9. The lowest BCUT2D eigenvalue weighted by molar-refractivity contribution is -0.141. The van der Waals surface area contributed by atoms with Gasteiger partial charge in [-0.25, -0.2) is 8.42 Å². The Bertz CT molecular complexity index is 1190. The maximum atomic E-state index is 13.1. The molecule has 0 unspecified atom stereocenters. The molecule has 1 saturated heterocycles. The first-order valence-corrected chi connectivity index (χ1v) is 11.9. The number of rotatable bonds is 4. The summed E-state index contributed by atoms with van der Waals surface area (Å²) in [6.45, 7) is 5.91. The van der Waals surface area contributed by atoms with Gasteiger partial charge in [-0.15, -0.1) is 11.3 Å². The second-order valence-electron chi connectivity index (χ2n) is 7.39. The summed E-state index contributed by atoms with van der Waals surface area (Å²) >= 11 is 0.919. The minimum absolute atomic E-state index is 0.0681. The molecule has 166 valence electrons. The first-order chi connectivity index (χ1) is 14.6. The quantitative estimate of drug-likeness (QED) is 0.618. The Kier molecular flexibility index (Phi) is 5.61. The Morgan fingerprint density at radius 2 is 1.77 bits per heavy atom. The van der Waals surface area contributed by atoms with Crippen molar-refractivity contribution in [2.45, 2.75) is 24.2 Å². The summed E-state index contributed by atoms with van der Waals surface area (Å²) in [5, 5.41) is 5.62. The number of aromatic amines is 1. The van der Waals surface area contributed by atoms with Crippen LogP contribution in [0.25, 0.3) is 10.6 Å².